The first-order valence-corrected chi connectivity index (χ1v) is 5.90. The second kappa shape index (κ2) is 5.30. The van der Waals surface area contributed by atoms with Gasteiger partial charge in [-0.2, -0.15) is 0 Å². The Hall–Kier alpha value is -1.38. The highest BCUT2D eigenvalue weighted by Gasteiger charge is 2.20. The third-order valence-electron chi connectivity index (χ3n) is 2.39. The minimum Gasteiger partial charge on any atom is -0.347 e. The number of carbonyl (C=O) groups excluding carboxylic acids is 1. The molecule has 0 unspecified atom stereocenters. The molecule has 1 aromatic carbocycles. The first kappa shape index (κ1) is 13.7. The van der Waals surface area contributed by atoms with Gasteiger partial charge in [-0.25, -0.2) is 4.39 Å². The number of benzene rings is 1. The molecule has 2 nitrogen and oxygen atoms in total. The SMILES string of the molecule is CC[C@@H](F)c1ccccc1C(=O)NC(C)(C)C. The van der Waals surface area contributed by atoms with Gasteiger partial charge in [-0.3, -0.25) is 4.79 Å². The Morgan fingerprint density at radius 3 is 2.47 bits per heavy atom. The maximum absolute atomic E-state index is 13.7. The zero-order valence-corrected chi connectivity index (χ0v) is 10.9. The summed E-state index contributed by atoms with van der Waals surface area (Å²) in [6, 6.07) is 6.85. The average Bonchev–Trinajstić information content (AvgIpc) is 2.25. The quantitative estimate of drug-likeness (QED) is 0.854. The molecule has 0 saturated carbocycles. The minimum atomic E-state index is -1.09. The Labute approximate surface area is 102 Å². The zero-order valence-electron chi connectivity index (χ0n) is 10.9. The maximum atomic E-state index is 13.7. The van der Waals surface area contributed by atoms with Crippen LogP contribution in [0.5, 0.6) is 0 Å². The number of amides is 1. The summed E-state index contributed by atoms with van der Waals surface area (Å²) in [7, 11) is 0. The maximum Gasteiger partial charge on any atom is 0.252 e. The van der Waals surface area contributed by atoms with Gasteiger partial charge in [0.05, 0.1) is 0 Å². The van der Waals surface area contributed by atoms with E-state index in [2.05, 4.69) is 5.32 Å². The van der Waals surface area contributed by atoms with Crippen LogP contribution in [0.4, 0.5) is 4.39 Å². The van der Waals surface area contributed by atoms with Crippen molar-refractivity contribution in [3.8, 4) is 0 Å². The molecule has 1 rings (SSSR count). The molecule has 0 aliphatic heterocycles. The summed E-state index contributed by atoms with van der Waals surface area (Å²) in [5.41, 5.74) is 0.580. The van der Waals surface area contributed by atoms with Gasteiger partial charge in [-0.15, -0.1) is 0 Å². The van der Waals surface area contributed by atoms with Crippen LogP contribution in [0.15, 0.2) is 24.3 Å². The molecule has 0 fully saturated rings. The van der Waals surface area contributed by atoms with Crippen molar-refractivity contribution < 1.29 is 9.18 Å². The van der Waals surface area contributed by atoms with Gasteiger partial charge in [0.15, 0.2) is 0 Å². The molecule has 0 heterocycles. The Balaban J connectivity index is 3.01. The van der Waals surface area contributed by atoms with Crippen molar-refractivity contribution in [1.29, 1.82) is 0 Å². The lowest BCUT2D eigenvalue weighted by atomic mass is 10.00. The van der Waals surface area contributed by atoms with Gasteiger partial charge < -0.3 is 5.32 Å². The largest absolute Gasteiger partial charge is 0.347 e. The predicted molar refractivity (Wildman–Crippen MR) is 67.8 cm³/mol. The summed E-state index contributed by atoms with van der Waals surface area (Å²) in [5.74, 6) is -0.218. The summed E-state index contributed by atoms with van der Waals surface area (Å²) in [5, 5.41) is 2.85. The van der Waals surface area contributed by atoms with E-state index in [9.17, 15) is 9.18 Å². The van der Waals surface area contributed by atoms with Crippen LogP contribution in [-0.2, 0) is 0 Å². The molecule has 94 valence electrons. The van der Waals surface area contributed by atoms with Crippen molar-refractivity contribution in [3.63, 3.8) is 0 Å². The average molecular weight is 237 g/mol. The van der Waals surface area contributed by atoms with Crippen LogP contribution in [-0.4, -0.2) is 11.4 Å². The molecule has 1 amide bonds. The summed E-state index contributed by atoms with van der Waals surface area (Å²) < 4.78 is 13.7. The smallest absolute Gasteiger partial charge is 0.252 e. The molecule has 0 aromatic heterocycles. The van der Waals surface area contributed by atoms with Crippen molar-refractivity contribution >= 4 is 5.91 Å². The van der Waals surface area contributed by atoms with E-state index in [-0.39, 0.29) is 11.4 Å². The summed E-state index contributed by atoms with van der Waals surface area (Å²) in [4.78, 5) is 12.0. The minimum absolute atomic E-state index is 0.218. The van der Waals surface area contributed by atoms with Crippen molar-refractivity contribution in [2.24, 2.45) is 0 Å². The fourth-order valence-corrected chi connectivity index (χ4v) is 1.60. The molecule has 0 spiro atoms. The van der Waals surface area contributed by atoms with E-state index in [1.54, 1.807) is 31.2 Å². The van der Waals surface area contributed by atoms with Gasteiger partial charge in [-0.1, -0.05) is 25.1 Å². The lowest BCUT2D eigenvalue weighted by Crippen LogP contribution is -2.41. The van der Waals surface area contributed by atoms with Crippen LogP contribution in [0.3, 0.4) is 0 Å². The Morgan fingerprint density at radius 2 is 1.94 bits per heavy atom. The molecular formula is C14H20FNO. The lowest BCUT2D eigenvalue weighted by molar-refractivity contribution is 0.0916. The van der Waals surface area contributed by atoms with Gasteiger partial charge in [0, 0.05) is 11.1 Å². The Kier molecular flexibility index (Phi) is 4.27. The number of hydrogen-bond acceptors (Lipinski definition) is 1. The fraction of sp³-hybridized carbons (Fsp3) is 0.500. The predicted octanol–water partition coefficient (Wildman–Crippen LogP) is 3.64. The molecule has 0 bridgehead atoms. The highest BCUT2D eigenvalue weighted by Crippen LogP contribution is 2.24. The molecule has 3 heteroatoms. The molecular weight excluding hydrogens is 217 g/mol. The van der Waals surface area contributed by atoms with Crippen molar-refractivity contribution in [2.75, 3.05) is 0 Å². The first-order valence-electron chi connectivity index (χ1n) is 5.90. The number of rotatable bonds is 3. The standard InChI is InChI=1S/C14H20FNO/c1-5-12(15)10-8-6-7-9-11(10)13(17)16-14(2,3)4/h6-9,12H,5H2,1-4H3,(H,16,17)/t12-/m1/s1. The van der Waals surface area contributed by atoms with Crippen molar-refractivity contribution in [2.45, 2.75) is 45.8 Å². The van der Waals surface area contributed by atoms with E-state index < -0.39 is 6.17 Å². The van der Waals surface area contributed by atoms with Crippen LogP contribution in [0, 0.1) is 0 Å². The highest BCUT2D eigenvalue weighted by atomic mass is 19.1. The Morgan fingerprint density at radius 1 is 1.35 bits per heavy atom. The molecule has 17 heavy (non-hydrogen) atoms. The van der Waals surface area contributed by atoms with Gasteiger partial charge in [0.2, 0.25) is 0 Å². The van der Waals surface area contributed by atoms with Crippen LogP contribution in [0.2, 0.25) is 0 Å². The Bertz CT molecular complexity index is 395. The van der Waals surface area contributed by atoms with E-state index in [0.717, 1.165) is 0 Å². The van der Waals surface area contributed by atoms with Gasteiger partial charge in [0.1, 0.15) is 6.17 Å². The van der Waals surface area contributed by atoms with E-state index in [4.69, 9.17) is 0 Å². The van der Waals surface area contributed by atoms with Gasteiger partial charge >= 0.3 is 0 Å². The first-order chi connectivity index (χ1) is 7.85. The number of hydrogen-bond donors (Lipinski definition) is 1. The molecule has 1 atom stereocenters. The second-order valence-corrected chi connectivity index (χ2v) is 5.17. The van der Waals surface area contributed by atoms with Crippen LogP contribution >= 0.6 is 0 Å². The molecule has 0 aliphatic rings. The second-order valence-electron chi connectivity index (χ2n) is 5.17. The van der Waals surface area contributed by atoms with Crippen LogP contribution in [0.1, 0.15) is 56.2 Å². The van der Waals surface area contributed by atoms with Gasteiger partial charge in [0.25, 0.3) is 5.91 Å². The third-order valence-corrected chi connectivity index (χ3v) is 2.39. The zero-order chi connectivity index (χ0) is 13.1. The lowest BCUT2D eigenvalue weighted by Gasteiger charge is -2.22. The number of alkyl halides is 1. The fourth-order valence-electron chi connectivity index (χ4n) is 1.60. The van der Waals surface area contributed by atoms with E-state index in [0.29, 0.717) is 17.5 Å². The third kappa shape index (κ3) is 3.84. The monoisotopic (exact) mass is 237 g/mol. The van der Waals surface area contributed by atoms with E-state index in [1.807, 2.05) is 20.8 Å². The van der Waals surface area contributed by atoms with Crippen LogP contribution in [0.25, 0.3) is 0 Å². The molecule has 0 saturated heterocycles. The highest BCUT2D eigenvalue weighted by molar-refractivity contribution is 5.96. The van der Waals surface area contributed by atoms with Crippen LogP contribution < -0.4 is 5.32 Å². The summed E-state index contributed by atoms with van der Waals surface area (Å²) >= 11 is 0. The number of nitrogens with one attached hydrogen (secondary N) is 1. The number of carbonyl (C=O) groups is 1. The molecule has 0 aliphatic carbocycles. The summed E-state index contributed by atoms with van der Waals surface area (Å²) in [6.45, 7) is 7.48. The van der Waals surface area contributed by atoms with Crippen molar-refractivity contribution in [3.05, 3.63) is 35.4 Å². The topological polar surface area (TPSA) is 29.1 Å². The molecule has 1 aromatic rings. The molecule has 1 N–H and O–H groups in total. The normalized spacial score (nSPS) is 13.2. The van der Waals surface area contributed by atoms with Gasteiger partial charge in [-0.05, 0) is 38.8 Å². The molecule has 0 radical (unpaired) electrons. The number of halogens is 1. The van der Waals surface area contributed by atoms with E-state index in [1.165, 1.54) is 0 Å². The summed E-state index contributed by atoms with van der Waals surface area (Å²) in [6.07, 6.45) is -0.711. The van der Waals surface area contributed by atoms with E-state index >= 15 is 0 Å². The van der Waals surface area contributed by atoms with Crippen molar-refractivity contribution in [1.82, 2.24) is 5.32 Å².